The number of aromatic nitrogens is 1. The van der Waals surface area contributed by atoms with Crippen molar-refractivity contribution in [3.05, 3.63) is 51.2 Å². The summed E-state index contributed by atoms with van der Waals surface area (Å²) in [6, 6.07) is 6.55. The third-order valence-corrected chi connectivity index (χ3v) is 5.62. The molecule has 1 fully saturated rings. The molecule has 2 aromatic rings. The number of benzene rings is 1. The van der Waals surface area contributed by atoms with Gasteiger partial charge in [-0.15, -0.1) is 11.3 Å². The van der Waals surface area contributed by atoms with Crippen LogP contribution in [0.15, 0.2) is 24.3 Å². The molecular weight excluding hydrogens is 325 g/mol. The van der Waals surface area contributed by atoms with Gasteiger partial charge in [-0.25, -0.2) is 9.37 Å². The van der Waals surface area contributed by atoms with Crippen LogP contribution in [0.3, 0.4) is 0 Å². The Kier molecular flexibility index (Phi) is 5.26. The molecule has 2 N–H and O–H groups in total. The lowest BCUT2D eigenvalue weighted by Gasteiger charge is -2.30. The van der Waals surface area contributed by atoms with Crippen molar-refractivity contribution in [3.63, 3.8) is 0 Å². The topological polar surface area (TPSA) is 54.0 Å². The minimum Gasteiger partial charge on any atom is -0.347 e. The fourth-order valence-corrected chi connectivity index (χ4v) is 3.93. The molecule has 0 aliphatic carbocycles. The van der Waals surface area contributed by atoms with Crippen LogP contribution in [0.5, 0.6) is 0 Å². The fourth-order valence-electron chi connectivity index (χ4n) is 2.93. The first-order valence-corrected chi connectivity index (χ1v) is 9.07. The van der Waals surface area contributed by atoms with E-state index in [0.29, 0.717) is 17.2 Å². The third-order valence-electron chi connectivity index (χ3n) is 4.46. The van der Waals surface area contributed by atoms with Crippen LogP contribution in [0.1, 0.15) is 39.3 Å². The van der Waals surface area contributed by atoms with E-state index in [4.69, 9.17) is 0 Å². The SMILES string of the molecule is Cc1nc(Cc2ccc(F)cc2)sc1C(=O)NC1CNCCC1C. The molecule has 1 aromatic carbocycles. The second kappa shape index (κ2) is 7.40. The van der Waals surface area contributed by atoms with Gasteiger partial charge >= 0.3 is 0 Å². The number of nitrogens with zero attached hydrogens (tertiary/aromatic N) is 1. The first kappa shape index (κ1) is 17.0. The number of thiazole rings is 1. The van der Waals surface area contributed by atoms with Gasteiger partial charge in [-0.3, -0.25) is 4.79 Å². The van der Waals surface area contributed by atoms with Gasteiger partial charge in [0.15, 0.2) is 0 Å². The summed E-state index contributed by atoms with van der Waals surface area (Å²) in [6.07, 6.45) is 1.68. The van der Waals surface area contributed by atoms with Crippen molar-refractivity contribution >= 4 is 17.2 Å². The van der Waals surface area contributed by atoms with Crippen LogP contribution in [0, 0.1) is 18.7 Å². The maximum atomic E-state index is 13.0. The standard InChI is InChI=1S/C18H22FN3OS/c1-11-7-8-20-10-15(11)22-18(23)17-12(2)21-16(24-17)9-13-3-5-14(19)6-4-13/h3-6,11,15,20H,7-10H2,1-2H3,(H,22,23). The monoisotopic (exact) mass is 347 g/mol. The molecule has 128 valence electrons. The largest absolute Gasteiger partial charge is 0.347 e. The third kappa shape index (κ3) is 3.99. The molecule has 4 nitrogen and oxygen atoms in total. The van der Waals surface area contributed by atoms with Gasteiger partial charge in [-0.2, -0.15) is 0 Å². The van der Waals surface area contributed by atoms with Crippen LogP contribution < -0.4 is 10.6 Å². The molecule has 24 heavy (non-hydrogen) atoms. The zero-order valence-corrected chi connectivity index (χ0v) is 14.8. The number of halogens is 1. The zero-order valence-electron chi connectivity index (χ0n) is 13.9. The Morgan fingerprint density at radius 3 is 2.88 bits per heavy atom. The predicted molar refractivity (Wildman–Crippen MR) is 94.0 cm³/mol. The van der Waals surface area contributed by atoms with E-state index in [1.807, 2.05) is 6.92 Å². The Morgan fingerprint density at radius 1 is 1.42 bits per heavy atom. The van der Waals surface area contributed by atoms with E-state index in [9.17, 15) is 9.18 Å². The molecule has 0 bridgehead atoms. The highest BCUT2D eigenvalue weighted by atomic mass is 32.1. The first-order chi connectivity index (χ1) is 11.5. The highest BCUT2D eigenvalue weighted by Gasteiger charge is 2.25. The molecule has 6 heteroatoms. The molecule has 1 saturated heterocycles. The molecule has 0 saturated carbocycles. The van der Waals surface area contributed by atoms with Gasteiger partial charge in [0.25, 0.3) is 5.91 Å². The van der Waals surface area contributed by atoms with Crippen molar-refractivity contribution in [1.82, 2.24) is 15.6 Å². The minimum atomic E-state index is -0.246. The van der Waals surface area contributed by atoms with E-state index in [1.54, 1.807) is 12.1 Å². The molecule has 0 spiro atoms. The summed E-state index contributed by atoms with van der Waals surface area (Å²) >= 11 is 1.42. The highest BCUT2D eigenvalue weighted by Crippen LogP contribution is 2.22. The Morgan fingerprint density at radius 2 is 2.17 bits per heavy atom. The van der Waals surface area contributed by atoms with Crippen LogP contribution >= 0.6 is 11.3 Å². The van der Waals surface area contributed by atoms with E-state index in [0.717, 1.165) is 35.8 Å². The molecule has 0 radical (unpaired) electrons. The lowest BCUT2D eigenvalue weighted by atomic mass is 9.95. The van der Waals surface area contributed by atoms with Crippen molar-refractivity contribution in [3.8, 4) is 0 Å². The minimum absolute atomic E-state index is 0.0455. The Bertz CT molecular complexity index is 714. The van der Waals surface area contributed by atoms with Crippen LogP contribution in [0.2, 0.25) is 0 Å². The summed E-state index contributed by atoms with van der Waals surface area (Å²) in [5.41, 5.74) is 1.74. The highest BCUT2D eigenvalue weighted by molar-refractivity contribution is 7.13. The van der Waals surface area contributed by atoms with Crippen molar-refractivity contribution in [2.45, 2.75) is 32.7 Å². The van der Waals surface area contributed by atoms with Gasteiger partial charge in [0.1, 0.15) is 10.7 Å². The number of hydrogen-bond acceptors (Lipinski definition) is 4. The Hall–Kier alpha value is -1.79. The zero-order chi connectivity index (χ0) is 17.1. The molecule has 3 rings (SSSR count). The Labute approximate surface area is 145 Å². The average Bonchev–Trinajstić information content (AvgIpc) is 2.92. The van der Waals surface area contributed by atoms with Crippen molar-refractivity contribution < 1.29 is 9.18 Å². The van der Waals surface area contributed by atoms with Gasteiger partial charge < -0.3 is 10.6 Å². The molecule has 1 amide bonds. The maximum Gasteiger partial charge on any atom is 0.263 e. The maximum absolute atomic E-state index is 13.0. The van der Waals surface area contributed by atoms with Crippen LogP contribution in [-0.4, -0.2) is 30.0 Å². The number of rotatable bonds is 4. The summed E-state index contributed by atoms with van der Waals surface area (Å²) in [5, 5.41) is 7.33. The van der Waals surface area contributed by atoms with Crippen molar-refractivity contribution in [2.24, 2.45) is 5.92 Å². The molecular formula is C18H22FN3OS. The molecule has 2 heterocycles. The van der Waals surface area contributed by atoms with Gasteiger partial charge in [0, 0.05) is 19.0 Å². The van der Waals surface area contributed by atoms with Gasteiger partial charge in [0.2, 0.25) is 0 Å². The van der Waals surface area contributed by atoms with Gasteiger partial charge in [-0.1, -0.05) is 19.1 Å². The first-order valence-electron chi connectivity index (χ1n) is 8.25. The van der Waals surface area contributed by atoms with Crippen molar-refractivity contribution in [2.75, 3.05) is 13.1 Å². The predicted octanol–water partition coefficient (Wildman–Crippen LogP) is 2.91. The Balaban J connectivity index is 1.68. The van der Waals surface area contributed by atoms with Gasteiger partial charge in [0.05, 0.1) is 10.7 Å². The van der Waals surface area contributed by atoms with Crippen LogP contribution in [0.25, 0.3) is 0 Å². The van der Waals surface area contributed by atoms with Crippen LogP contribution in [0.4, 0.5) is 4.39 Å². The average molecular weight is 347 g/mol. The van der Waals surface area contributed by atoms with E-state index in [2.05, 4.69) is 22.5 Å². The number of piperidine rings is 1. The number of amides is 1. The fraction of sp³-hybridized carbons (Fsp3) is 0.444. The quantitative estimate of drug-likeness (QED) is 0.894. The summed E-state index contributed by atoms with van der Waals surface area (Å²) in [5.74, 6) is 0.183. The summed E-state index contributed by atoms with van der Waals surface area (Å²) in [4.78, 5) is 17.8. The number of hydrogen-bond donors (Lipinski definition) is 2. The second-order valence-corrected chi connectivity index (χ2v) is 7.46. The van der Waals surface area contributed by atoms with E-state index in [1.165, 1.54) is 23.5 Å². The number of nitrogens with one attached hydrogen (secondary N) is 2. The lowest BCUT2D eigenvalue weighted by molar-refractivity contribution is 0.0918. The van der Waals surface area contributed by atoms with Gasteiger partial charge in [-0.05, 0) is 43.5 Å². The van der Waals surface area contributed by atoms with E-state index in [-0.39, 0.29) is 17.8 Å². The van der Waals surface area contributed by atoms with Crippen LogP contribution in [-0.2, 0) is 6.42 Å². The molecule has 1 aliphatic heterocycles. The van der Waals surface area contributed by atoms with E-state index >= 15 is 0 Å². The lowest BCUT2D eigenvalue weighted by Crippen LogP contribution is -2.50. The molecule has 1 aliphatic rings. The summed E-state index contributed by atoms with van der Waals surface area (Å²) < 4.78 is 13.0. The summed E-state index contributed by atoms with van der Waals surface area (Å²) in [7, 11) is 0. The number of carbonyl (C=O) groups excluding carboxylic acids is 1. The smallest absolute Gasteiger partial charge is 0.263 e. The normalized spacial score (nSPS) is 20.8. The second-order valence-electron chi connectivity index (χ2n) is 6.38. The van der Waals surface area contributed by atoms with E-state index < -0.39 is 0 Å². The molecule has 2 atom stereocenters. The molecule has 1 aromatic heterocycles. The molecule has 2 unspecified atom stereocenters. The summed E-state index contributed by atoms with van der Waals surface area (Å²) in [6.45, 7) is 5.86. The number of carbonyl (C=O) groups is 1. The number of aryl methyl sites for hydroxylation is 1. The van der Waals surface area contributed by atoms with Crippen molar-refractivity contribution in [1.29, 1.82) is 0 Å².